The first kappa shape index (κ1) is 38.6. The van der Waals surface area contributed by atoms with E-state index in [1.54, 1.807) is 0 Å². The SMILES string of the molecule is CC(C)c1ccc(N(c2ccc(C(C)C)cc2)c2ccc3cc4c(cc3c2)-c2cc3cc(-c5ccc(C(C)(C)C)cc5)c(-c5ccc(C(C)(C)C)cc5)cc3cc2-4)cc1. The number of nitrogens with zero attached hydrogens (tertiary/aromatic N) is 1. The summed E-state index contributed by atoms with van der Waals surface area (Å²) < 4.78 is 0. The number of hydrogen-bond acceptors (Lipinski definition) is 1. The maximum absolute atomic E-state index is 2.43. The molecule has 0 unspecified atom stereocenters. The average Bonchev–Trinajstić information content (AvgIpc) is 3.22. The Bertz CT molecular complexity index is 2790. The standard InChI is InChI=1S/C58H57N/c1-36(2)38-15-24-48(25-16-38)59(49-26-17-39(18-27-49)37(3)4)50-28-19-42-30-53-54(33-43(42)29-50)56-35-45-32-52(41-13-22-47(23-14-41)58(8,9)10)51(31-44(45)34-55(53)56)40-11-20-46(21-12-40)57(5,6)7/h11-37H,1-10H3. The number of fused-ring (bicyclic) bond motifs is 6. The van der Waals surface area contributed by atoms with E-state index in [2.05, 4.69) is 226 Å². The first-order valence-electron chi connectivity index (χ1n) is 21.5. The molecule has 294 valence electrons. The largest absolute Gasteiger partial charge is 0.310 e. The number of hydrogen-bond donors (Lipinski definition) is 0. The lowest BCUT2D eigenvalue weighted by Gasteiger charge is -2.28. The predicted octanol–water partition coefficient (Wildman–Crippen LogP) is 17.3. The Balaban J connectivity index is 1.14. The van der Waals surface area contributed by atoms with Crippen LogP contribution in [0.2, 0.25) is 0 Å². The molecule has 0 fully saturated rings. The van der Waals surface area contributed by atoms with Crippen molar-refractivity contribution in [1.82, 2.24) is 0 Å². The maximum Gasteiger partial charge on any atom is 0.0468 e. The Morgan fingerprint density at radius 3 is 1.00 bits per heavy atom. The van der Waals surface area contributed by atoms with E-state index in [0.717, 1.165) is 5.69 Å². The van der Waals surface area contributed by atoms with Crippen molar-refractivity contribution in [3.05, 3.63) is 174 Å². The van der Waals surface area contributed by atoms with Crippen molar-refractivity contribution in [3.8, 4) is 44.5 Å². The van der Waals surface area contributed by atoms with Gasteiger partial charge in [0.15, 0.2) is 0 Å². The molecule has 1 heteroatoms. The quantitative estimate of drug-likeness (QED) is 0.156. The van der Waals surface area contributed by atoms with Gasteiger partial charge < -0.3 is 4.90 Å². The van der Waals surface area contributed by atoms with Gasteiger partial charge in [-0.2, -0.15) is 0 Å². The third-order valence-corrected chi connectivity index (χ3v) is 12.7. The number of anilines is 3. The Morgan fingerprint density at radius 1 is 0.322 bits per heavy atom. The van der Waals surface area contributed by atoms with Crippen molar-refractivity contribution in [2.24, 2.45) is 0 Å². The van der Waals surface area contributed by atoms with Crippen LogP contribution < -0.4 is 4.90 Å². The molecule has 0 radical (unpaired) electrons. The zero-order chi connectivity index (χ0) is 41.4. The molecule has 0 atom stereocenters. The van der Waals surface area contributed by atoms with Crippen LogP contribution in [-0.4, -0.2) is 0 Å². The summed E-state index contributed by atoms with van der Waals surface area (Å²) in [6, 6.07) is 58.2. The molecule has 8 aromatic carbocycles. The molecule has 0 N–H and O–H groups in total. The second-order valence-electron chi connectivity index (χ2n) is 19.6. The molecule has 0 saturated heterocycles. The summed E-state index contributed by atoms with van der Waals surface area (Å²) >= 11 is 0. The van der Waals surface area contributed by atoms with Crippen molar-refractivity contribution < 1.29 is 0 Å². The van der Waals surface area contributed by atoms with E-state index >= 15 is 0 Å². The van der Waals surface area contributed by atoms with Crippen LogP contribution in [0.1, 0.15) is 103 Å². The monoisotopic (exact) mass is 767 g/mol. The summed E-state index contributed by atoms with van der Waals surface area (Å²) in [4.78, 5) is 2.40. The van der Waals surface area contributed by atoms with Gasteiger partial charge in [-0.15, -0.1) is 0 Å². The molecular formula is C58H57N. The van der Waals surface area contributed by atoms with Gasteiger partial charge >= 0.3 is 0 Å². The summed E-state index contributed by atoms with van der Waals surface area (Å²) in [6.07, 6.45) is 0. The van der Waals surface area contributed by atoms with E-state index in [0.29, 0.717) is 11.8 Å². The Hall–Kier alpha value is -5.92. The second-order valence-corrected chi connectivity index (χ2v) is 19.6. The van der Waals surface area contributed by atoms with Crippen molar-refractivity contribution in [1.29, 1.82) is 0 Å². The second kappa shape index (κ2) is 14.4. The van der Waals surface area contributed by atoms with Crippen LogP contribution >= 0.6 is 0 Å². The molecule has 0 heterocycles. The third-order valence-electron chi connectivity index (χ3n) is 12.7. The van der Waals surface area contributed by atoms with Crippen LogP contribution in [0.25, 0.3) is 66.1 Å². The molecule has 1 aliphatic rings. The summed E-state index contributed by atoms with van der Waals surface area (Å²) in [5, 5.41) is 5.06. The Kier molecular flexibility index (Phi) is 9.43. The van der Waals surface area contributed by atoms with E-state index in [1.165, 1.54) is 99.7 Å². The van der Waals surface area contributed by atoms with Crippen LogP contribution in [0.4, 0.5) is 17.1 Å². The van der Waals surface area contributed by atoms with Crippen molar-refractivity contribution in [2.75, 3.05) is 4.90 Å². The molecule has 0 bridgehead atoms. The van der Waals surface area contributed by atoms with Crippen LogP contribution in [0, 0.1) is 0 Å². The van der Waals surface area contributed by atoms with Crippen LogP contribution in [-0.2, 0) is 10.8 Å². The summed E-state index contributed by atoms with van der Waals surface area (Å²) in [5.41, 5.74) is 19.5. The van der Waals surface area contributed by atoms with Gasteiger partial charge in [0.1, 0.15) is 0 Å². The van der Waals surface area contributed by atoms with E-state index < -0.39 is 0 Å². The highest BCUT2D eigenvalue weighted by molar-refractivity contribution is 6.13. The lowest BCUT2D eigenvalue weighted by Crippen LogP contribution is -2.10. The predicted molar refractivity (Wildman–Crippen MR) is 257 cm³/mol. The van der Waals surface area contributed by atoms with E-state index in [-0.39, 0.29) is 10.8 Å². The van der Waals surface area contributed by atoms with Gasteiger partial charge in [-0.25, -0.2) is 0 Å². The fourth-order valence-corrected chi connectivity index (χ4v) is 8.84. The molecule has 0 aliphatic heterocycles. The van der Waals surface area contributed by atoms with Crippen LogP contribution in [0.3, 0.4) is 0 Å². The molecule has 0 amide bonds. The molecule has 1 aliphatic carbocycles. The van der Waals surface area contributed by atoms with Crippen molar-refractivity contribution in [2.45, 2.75) is 91.9 Å². The van der Waals surface area contributed by atoms with Gasteiger partial charge in [0.05, 0.1) is 0 Å². The van der Waals surface area contributed by atoms with Gasteiger partial charge in [0.25, 0.3) is 0 Å². The van der Waals surface area contributed by atoms with Gasteiger partial charge in [0.2, 0.25) is 0 Å². The first-order chi connectivity index (χ1) is 28.1. The third kappa shape index (κ3) is 7.16. The molecule has 1 nitrogen and oxygen atoms in total. The summed E-state index contributed by atoms with van der Waals surface area (Å²) in [6.45, 7) is 22.7. The topological polar surface area (TPSA) is 3.24 Å². The highest BCUT2D eigenvalue weighted by atomic mass is 15.1. The molecular weight excluding hydrogens is 711 g/mol. The van der Waals surface area contributed by atoms with E-state index in [9.17, 15) is 0 Å². The van der Waals surface area contributed by atoms with E-state index in [4.69, 9.17) is 0 Å². The minimum absolute atomic E-state index is 0.102. The van der Waals surface area contributed by atoms with Gasteiger partial charge in [0, 0.05) is 17.1 Å². The van der Waals surface area contributed by atoms with E-state index in [1.807, 2.05) is 0 Å². The maximum atomic E-state index is 2.43. The van der Waals surface area contributed by atoms with Gasteiger partial charge in [-0.05, 0) is 184 Å². The number of rotatable bonds is 7. The molecule has 0 spiro atoms. The molecule has 0 saturated carbocycles. The van der Waals surface area contributed by atoms with Crippen LogP contribution in [0.5, 0.6) is 0 Å². The highest BCUT2D eigenvalue weighted by Gasteiger charge is 2.25. The fraction of sp³-hybridized carbons (Fsp3) is 0.241. The first-order valence-corrected chi connectivity index (χ1v) is 21.5. The molecule has 59 heavy (non-hydrogen) atoms. The van der Waals surface area contributed by atoms with Crippen molar-refractivity contribution in [3.63, 3.8) is 0 Å². The fourth-order valence-electron chi connectivity index (χ4n) is 8.84. The Labute approximate surface area is 352 Å². The molecule has 9 rings (SSSR count). The summed E-state index contributed by atoms with van der Waals surface area (Å²) in [5.74, 6) is 0.974. The molecule has 8 aromatic rings. The van der Waals surface area contributed by atoms with Crippen molar-refractivity contribution >= 4 is 38.6 Å². The lowest BCUT2D eigenvalue weighted by atomic mass is 9.77. The van der Waals surface area contributed by atoms with Gasteiger partial charge in [-0.3, -0.25) is 0 Å². The highest BCUT2D eigenvalue weighted by Crippen LogP contribution is 2.52. The minimum atomic E-state index is 0.102. The zero-order valence-electron chi connectivity index (χ0n) is 36.5. The smallest absolute Gasteiger partial charge is 0.0468 e. The zero-order valence-corrected chi connectivity index (χ0v) is 36.5. The number of benzene rings is 8. The minimum Gasteiger partial charge on any atom is -0.310 e. The van der Waals surface area contributed by atoms with Crippen LogP contribution in [0.15, 0.2) is 152 Å². The Morgan fingerprint density at radius 2 is 0.644 bits per heavy atom. The normalized spacial score (nSPS) is 12.5. The lowest BCUT2D eigenvalue weighted by molar-refractivity contribution is 0.590. The van der Waals surface area contributed by atoms with Gasteiger partial charge in [-0.1, -0.05) is 148 Å². The molecule has 0 aromatic heterocycles. The average molecular weight is 768 g/mol. The summed E-state index contributed by atoms with van der Waals surface area (Å²) in [7, 11) is 0.